The number of unbranched alkanes of at least 4 members (excludes halogenated alkanes) is 1. The van der Waals surface area contributed by atoms with Crippen molar-refractivity contribution in [1.82, 2.24) is 20.8 Å². The van der Waals surface area contributed by atoms with Crippen LogP contribution in [0, 0.1) is 0 Å². The fourth-order valence-corrected chi connectivity index (χ4v) is 3.31. The van der Waals surface area contributed by atoms with Crippen LogP contribution < -0.4 is 10.8 Å². The number of nitrogens with zero attached hydrogens (tertiary/aromatic N) is 1. The Morgan fingerprint density at radius 2 is 1.97 bits per heavy atom. The average Bonchev–Trinajstić information content (AvgIpc) is 3.21. The van der Waals surface area contributed by atoms with E-state index in [1.54, 1.807) is 5.48 Å². The highest BCUT2D eigenvalue weighted by molar-refractivity contribution is 5.92. The Labute approximate surface area is 169 Å². The van der Waals surface area contributed by atoms with Crippen molar-refractivity contribution in [2.24, 2.45) is 0 Å². The number of aryl methyl sites for hydroxylation is 1. The summed E-state index contributed by atoms with van der Waals surface area (Å²) in [5, 5.41) is 14.0. The van der Waals surface area contributed by atoms with Crippen LogP contribution in [0.3, 0.4) is 0 Å². The molecule has 2 amide bonds. The van der Waals surface area contributed by atoms with E-state index in [9.17, 15) is 9.59 Å². The minimum absolute atomic E-state index is 0.0358. The lowest BCUT2D eigenvalue weighted by Gasteiger charge is -2.18. The quantitative estimate of drug-likeness (QED) is 0.330. The van der Waals surface area contributed by atoms with Crippen LogP contribution in [-0.2, 0) is 17.6 Å². The summed E-state index contributed by atoms with van der Waals surface area (Å²) in [5.74, 6) is -0.0997. The number of carbonyl (C=O) groups excluding carboxylic acids is 2. The molecular weight excluding hydrogens is 368 g/mol. The van der Waals surface area contributed by atoms with Crippen LogP contribution >= 0.6 is 0 Å². The van der Waals surface area contributed by atoms with E-state index < -0.39 is 11.9 Å². The van der Waals surface area contributed by atoms with Gasteiger partial charge < -0.3 is 10.3 Å². The smallest absolute Gasteiger partial charge is 0.269 e. The SMILES string of the molecule is CCCCc1ncc(C(=O)N[C@@H](CC(=O)NO)Cc2ccc3ccccc3c2)[nH]1. The standard InChI is InChI=1S/C22H26N4O3/c1-2-3-8-20-23-14-19(25-20)22(28)24-18(13-21(27)26-29)12-15-9-10-16-6-4-5-7-17(16)11-15/h4-7,9-11,14,18,29H,2-3,8,12-13H2,1H3,(H,23,25)(H,24,28)(H,26,27)/t18-/m1/s1. The first-order valence-electron chi connectivity index (χ1n) is 9.84. The lowest BCUT2D eigenvalue weighted by molar-refractivity contribution is -0.129. The molecule has 152 valence electrons. The summed E-state index contributed by atoms with van der Waals surface area (Å²) >= 11 is 0. The molecule has 4 N–H and O–H groups in total. The average molecular weight is 394 g/mol. The van der Waals surface area contributed by atoms with Crippen molar-refractivity contribution < 1.29 is 14.8 Å². The summed E-state index contributed by atoms with van der Waals surface area (Å²) in [6, 6.07) is 13.6. The molecule has 3 aromatic rings. The summed E-state index contributed by atoms with van der Waals surface area (Å²) in [6.45, 7) is 2.10. The second kappa shape index (κ2) is 9.84. The van der Waals surface area contributed by atoms with Gasteiger partial charge in [0.15, 0.2) is 0 Å². The Bertz CT molecular complexity index is 983. The van der Waals surface area contributed by atoms with Gasteiger partial charge in [0.1, 0.15) is 11.5 Å². The van der Waals surface area contributed by atoms with Gasteiger partial charge in [-0.25, -0.2) is 10.5 Å². The second-order valence-electron chi connectivity index (χ2n) is 7.14. The molecule has 0 aliphatic heterocycles. The highest BCUT2D eigenvalue weighted by Gasteiger charge is 2.19. The zero-order chi connectivity index (χ0) is 20.6. The number of H-pyrrole nitrogens is 1. The highest BCUT2D eigenvalue weighted by atomic mass is 16.5. The van der Waals surface area contributed by atoms with Crippen LogP contribution in [0.5, 0.6) is 0 Å². The Morgan fingerprint density at radius 3 is 2.72 bits per heavy atom. The number of hydroxylamine groups is 1. The van der Waals surface area contributed by atoms with Gasteiger partial charge in [-0.2, -0.15) is 0 Å². The predicted octanol–water partition coefficient (Wildman–Crippen LogP) is 3.14. The molecule has 7 nitrogen and oxygen atoms in total. The molecule has 1 heterocycles. The lowest BCUT2D eigenvalue weighted by Crippen LogP contribution is -2.40. The normalized spacial score (nSPS) is 11.9. The maximum atomic E-state index is 12.6. The lowest BCUT2D eigenvalue weighted by atomic mass is 9.99. The van der Waals surface area contributed by atoms with Crippen molar-refractivity contribution in [3.8, 4) is 0 Å². The number of aromatic amines is 1. The molecule has 1 atom stereocenters. The molecule has 0 radical (unpaired) electrons. The first kappa shape index (κ1) is 20.5. The first-order valence-corrected chi connectivity index (χ1v) is 9.84. The van der Waals surface area contributed by atoms with E-state index in [0.717, 1.165) is 41.4 Å². The number of aromatic nitrogens is 2. The van der Waals surface area contributed by atoms with E-state index in [-0.39, 0.29) is 12.3 Å². The molecule has 3 rings (SSSR count). The Balaban J connectivity index is 1.72. The summed E-state index contributed by atoms with van der Waals surface area (Å²) in [4.78, 5) is 31.6. The fraction of sp³-hybridized carbons (Fsp3) is 0.318. The van der Waals surface area contributed by atoms with Gasteiger partial charge in [0, 0.05) is 18.9 Å². The number of nitrogens with one attached hydrogen (secondary N) is 3. The van der Waals surface area contributed by atoms with Crippen LogP contribution in [0.4, 0.5) is 0 Å². The zero-order valence-corrected chi connectivity index (χ0v) is 16.4. The minimum atomic E-state index is -0.552. The van der Waals surface area contributed by atoms with Crippen LogP contribution in [0.25, 0.3) is 10.8 Å². The number of benzene rings is 2. The van der Waals surface area contributed by atoms with E-state index in [0.29, 0.717) is 12.1 Å². The van der Waals surface area contributed by atoms with Gasteiger partial charge in [-0.15, -0.1) is 0 Å². The predicted molar refractivity (Wildman–Crippen MR) is 111 cm³/mol. The highest BCUT2D eigenvalue weighted by Crippen LogP contribution is 2.17. The molecular formula is C22H26N4O3. The molecule has 2 aromatic carbocycles. The Kier molecular flexibility index (Phi) is 6.97. The van der Waals surface area contributed by atoms with Crippen LogP contribution in [0.2, 0.25) is 0 Å². The Morgan fingerprint density at radius 1 is 1.17 bits per heavy atom. The maximum absolute atomic E-state index is 12.6. The number of fused-ring (bicyclic) bond motifs is 1. The Hall–Kier alpha value is -3.19. The van der Waals surface area contributed by atoms with Crippen molar-refractivity contribution in [3.05, 3.63) is 65.7 Å². The molecule has 29 heavy (non-hydrogen) atoms. The van der Waals surface area contributed by atoms with E-state index >= 15 is 0 Å². The van der Waals surface area contributed by atoms with Crippen LogP contribution in [-0.4, -0.2) is 33.0 Å². The number of hydrogen-bond donors (Lipinski definition) is 4. The molecule has 0 spiro atoms. The van der Waals surface area contributed by atoms with Crippen molar-refractivity contribution in [1.29, 1.82) is 0 Å². The largest absolute Gasteiger partial charge is 0.347 e. The molecule has 0 aliphatic rings. The number of hydrogen-bond acceptors (Lipinski definition) is 4. The van der Waals surface area contributed by atoms with Gasteiger partial charge in [-0.1, -0.05) is 55.8 Å². The number of rotatable bonds is 9. The molecule has 0 saturated carbocycles. The van der Waals surface area contributed by atoms with E-state index in [2.05, 4.69) is 22.2 Å². The maximum Gasteiger partial charge on any atom is 0.269 e. The zero-order valence-electron chi connectivity index (χ0n) is 16.4. The van der Waals surface area contributed by atoms with Gasteiger partial charge in [0.25, 0.3) is 5.91 Å². The van der Waals surface area contributed by atoms with E-state index in [1.807, 2.05) is 42.5 Å². The number of amides is 2. The molecule has 0 aliphatic carbocycles. The summed E-state index contributed by atoms with van der Waals surface area (Å²) in [7, 11) is 0. The van der Waals surface area contributed by atoms with Gasteiger partial charge in [-0.05, 0) is 29.2 Å². The third kappa shape index (κ3) is 5.65. The van der Waals surface area contributed by atoms with Gasteiger partial charge >= 0.3 is 0 Å². The van der Waals surface area contributed by atoms with Crippen molar-refractivity contribution in [3.63, 3.8) is 0 Å². The summed E-state index contributed by atoms with van der Waals surface area (Å²) < 4.78 is 0. The molecule has 1 aromatic heterocycles. The molecule has 0 bridgehead atoms. The number of carbonyl (C=O) groups is 2. The van der Waals surface area contributed by atoms with Gasteiger partial charge in [0.05, 0.1) is 6.20 Å². The topological polar surface area (TPSA) is 107 Å². The monoisotopic (exact) mass is 394 g/mol. The molecule has 0 saturated heterocycles. The van der Waals surface area contributed by atoms with Crippen molar-refractivity contribution in [2.75, 3.05) is 0 Å². The van der Waals surface area contributed by atoms with Crippen LogP contribution in [0.1, 0.15) is 48.1 Å². The third-order valence-electron chi connectivity index (χ3n) is 4.83. The first-order chi connectivity index (χ1) is 14.1. The van der Waals surface area contributed by atoms with Gasteiger partial charge in [0.2, 0.25) is 5.91 Å². The van der Waals surface area contributed by atoms with Crippen LogP contribution in [0.15, 0.2) is 48.7 Å². The molecule has 7 heteroatoms. The van der Waals surface area contributed by atoms with Crippen molar-refractivity contribution in [2.45, 2.75) is 45.1 Å². The summed E-state index contributed by atoms with van der Waals surface area (Å²) in [6.07, 6.45) is 4.77. The third-order valence-corrected chi connectivity index (χ3v) is 4.83. The van der Waals surface area contributed by atoms with E-state index in [4.69, 9.17) is 5.21 Å². The summed E-state index contributed by atoms with van der Waals surface area (Å²) in [5.41, 5.74) is 3.00. The van der Waals surface area contributed by atoms with Gasteiger partial charge in [-0.3, -0.25) is 14.8 Å². The fourth-order valence-electron chi connectivity index (χ4n) is 3.31. The molecule has 0 fully saturated rings. The van der Waals surface area contributed by atoms with Crippen molar-refractivity contribution >= 4 is 22.6 Å². The minimum Gasteiger partial charge on any atom is -0.347 e. The molecule has 0 unspecified atom stereocenters. The second-order valence-corrected chi connectivity index (χ2v) is 7.14. The van der Waals surface area contributed by atoms with E-state index in [1.165, 1.54) is 6.20 Å². The number of imidazole rings is 1.